The average Bonchev–Trinajstić information content (AvgIpc) is 2.69. The standard InChI is InChI=1S/C21H32N4O3/c1-17(2)18-3-5-19(6-4-18)22-20(26)15-23-7-9-25(10-8-23)21(27)16-24-11-13-28-14-12-24/h3-6,17H,7-16H2,1-2H3,(H,22,26). The van der Waals surface area contributed by atoms with Crippen LogP contribution >= 0.6 is 0 Å². The molecule has 2 heterocycles. The van der Waals surface area contributed by atoms with Gasteiger partial charge in [-0.2, -0.15) is 0 Å². The van der Waals surface area contributed by atoms with Crippen LogP contribution < -0.4 is 5.32 Å². The van der Waals surface area contributed by atoms with Crippen LogP contribution in [-0.2, 0) is 14.3 Å². The van der Waals surface area contributed by atoms with E-state index in [2.05, 4.69) is 41.1 Å². The number of benzene rings is 1. The van der Waals surface area contributed by atoms with Gasteiger partial charge in [0.2, 0.25) is 11.8 Å². The molecule has 3 rings (SSSR count). The molecule has 2 fully saturated rings. The molecule has 0 bridgehead atoms. The van der Waals surface area contributed by atoms with Gasteiger partial charge in [-0.25, -0.2) is 0 Å². The third kappa shape index (κ3) is 6.02. The zero-order chi connectivity index (χ0) is 19.9. The van der Waals surface area contributed by atoms with Gasteiger partial charge in [-0.3, -0.25) is 19.4 Å². The number of rotatable bonds is 6. The first kappa shape index (κ1) is 20.8. The fourth-order valence-electron chi connectivity index (χ4n) is 3.56. The summed E-state index contributed by atoms with van der Waals surface area (Å²) in [5.41, 5.74) is 2.09. The largest absolute Gasteiger partial charge is 0.379 e. The molecule has 28 heavy (non-hydrogen) atoms. The van der Waals surface area contributed by atoms with Gasteiger partial charge < -0.3 is 15.0 Å². The van der Waals surface area contributed by atoms with Crippen LogP contribution in [0.1, 0.15) is 25.3 Å². The lowest BCUT2D eigenvalue weighted by atomic mass is 10.0. The van der Waals surface area contributed by atoms with Crippen LogP contribution in [0.5, 0.6) is 0 Å². The number of carbonyl (C=O) groups excluding carboxylic acids is 2. The maximum Gasteiger partial charge on any atom is 0.238 e. The lowest BCUT2D eigenvalue weighted by Crippen LogP contribution is -2.53. The number of ether oxygens (including phenoxy) is 1. The molecule has 1 aromatic carbocycles. The second kappa shape index (κ2) is 10.0. The van der Waals surface area contributed by atoms with Crippen LogP contribution in [0.15, 0.2) is 24.3 Å². The minimum absolute atomic E-state index is 0.00890. The molecule has 154 valence electrons. The van der Waals surface area contributed by atoms with Gasteiger partial charge in [0.15, 0.2) is 0 Å². The minimum atomic E-state index is -0.00890. The summed E-state index contributed by atoms with van der Waals surface area (Å²) in [5.74, 6) is 0.647. The SMILES string of the molecule is CC(C)c1ccc(NC(=O)CN2CCN(C(=O)CN3CCOCC3)CC2)cc1. The Bertz CT molecular complexity index is 648. The molecule has 0 atom stereocenters. The molecule has 2 aliphatic rings. The summed E-state index contributed by atoms with van der Waals surface area (Å²) < 4.78 is 5.33. The van der Waals surface area contributed by atoms with Crippen molar-refractivity contribution in [1.29, 1.82) is 0 Å². The molecule has 0 unspecified atom stereocenters. The van der Waals surface area contributed by atoms with Crippen molar-refractivity contribution in [2.24, 2.45) is 0 Å². The first-order valence-corrected chi connectivity index (χ1v) is 10.2. The molecule has 2 saturated heterocycles. The molecular weight excluding hydrogens is 356 g/mol. The van der Waals surface area contributed by atoms with E-state index in [-0.39, 0.29) is 11.8 Å². The molecule has 0 radical (unpaired) electrons. The summed E-state index contributed by atoms with van der Waals surface area (Å²) in [4.78, 5) is 31.0. The number of anilines is 1. The Labute approximate surface area is 167 Å². The van der Waals surface area contributed by atoms with Crippen molar-refractivity contribution >= 4 is 17.5 Å². The highest BCUT2D eigenvalue weighted by Crippen LogP contribution is 2.17. The maximum absolute atomic E-state index is 12.5. The van der Waals surface area contributed by atoms with Gasteiger partial charge in [0.25, 0.3) is 0 Å². The van der Waals surface area contributed by atoms with Crippen molar-refractivity contribution in [2.45, 2.75) is 19.8 Å². The minimum Gasteiger partial charge on any atom is -0.379 e. The van der Waals surface area contributed by atoms with Crippen LogP contribution in [0.2, 0.25) is 0 Å². The monoisotopic (exact) mass is 388 g/mol. The number of nitrogens with zero attached hydrogens (tertiary/aromatic N) is 3. The number of piperazine rings is 1. The predicted octanol–water partition coefficient (Wildman–Crippen LogP) is 1.22. The maximum atomic E-state index is 12.5. The quantitative estimate of drug-likeness (QED) is 0.794. The van der Waals surface area contributed by atoms with Crippen LogP contribution in [-0.4, -0.2) is 92.1 Å². The molecule has 2 amide bonds. The molecule has 1 aromatic rings. The zero-order valence-corrected chi connectivity index (χ0v) is 17.0. The smallest absolute Gasteiger partial charge is 0.238 e. The summed E-state index contributed by atoms with van der Waals surface area (Å²) >= 11 is 0. The van der Waals surface area contributed by atoms with Gasteiger partial charge >= 0.3 is 0 Å². The first-order chi connectivity index (χ1) is 13.5. The van der Waals surface area contributed by atoms with Gasteiger partial charge in [-0.1, -0.05) is 26.0 Å². The van der Waals surface area contributed by atoms with Crippen LogP contribution in [0.3, 0.4) is 0 Å². The second-order valence-electron chi connectivity index (χ2n) is 7.87. The van der Waals surface area contributed by atoms with E-state index in [1.807, 2.05) is 17.0 Å². The molecule has 0 saturated carbocycles. The normalized spacial score (nSPS) is 19.0. The lowest BCUT2D eigenvalue weighted by molar-refractivity contribution is -0.135. The number of hydrogen-bond acceptors (Lipinski definition) is 5. The molecule has 1 N–H and O–H groups in total. The van der Waals surface area contributed by atoms with Crippen LogP contribution in [0.25, 0.3) is 0 Å². The summed E-state index contributed by atoms with van der Waals surface area (Å²) in [6.07, 6.45) is 0. The van der Waals surface area contributed by atoms with E-state index >= 15 is 0 Å². The van der Waals surface area contributed by atoms with Crippen molar-refractivity contribution in [2.75, 3.05) is 70.9 Å². The van der Waals surface area contributed by atoms with E-state index < -0.39 is 0 Å². The third-order valence-corrected chi connectivity index (χ3v) is 5.42. The average molecular weight is 389 g/mol. The lowest BCUT2D eigenvalue weighted by Gasteiger charge is -2.36. The van der Waals surface area contributed by atoms with E-state index in [0.29, 0.717) is 45.3 Å². The van der Waals surface area contributed by atoms with E-state index in [9.17, 15) is 9.59 Å². The van der Waals surface area contributed by atoms with Crippen LogP contribution in [0, 0.1) is 0 Å². The summed E-state index contributed by atoms with van der Waals surface area (Å²) in [6.45, 7) is 11.0. The van der Waals surface area contributed by atoms with Gasteiger partial charge in [0.05, 0.1) is 26.3 Å². The Balaban J connectivity index is 1.38. The Morgan fingerprint density at radius 3 is 2.14 bits per heavy atom. The van der Waals surface area contributed by atoms with Crippen LogP contribution in [0.4, 0.5) is 5.69 Å². The molecule has 7 heteroatoms. The Hall–Kier alpha value is -1.96. The van der Waals surface area contributed by atoms with Gasteiger partial charge in [-0.05, 0) is 23.6 Å². The van der Waals surface area contributed by atoms with Gasteiger partial charge in [-0.15, -0.1) is 0 Å². The number of hydrogen-bond donors (Lipinski definition) is 1. The number of morpholine rings is 1. The molecule has 7 nitrogen and oxygen atoms in total. The highest BCUT2D eigenvalue weighted by atomic mass is 16.5. The summed E-state index contributed by atoms with van der Waals surface area (Å²) in [5, 5.41) is 2.96. The molecule has 2 aliphatic heterocycles. The van der Waals surface area contributed by atoms with Crippen molar-refractivity contribution in [3.63, 3.8) is 0 Å². The number of carbonyl (C=O) groups is 2. The van der Waals surface area contributed by atoms with Crippen molar-refractivity contribution < 1.29 is 14.3 Å². The highest BCUT2D eigenvalue weighted by molar-refractivity contribution is 5.92. The number of nitrogens with one attached hydrogen (secondary N) is 1. The highest BCUT2D eigenvalue weighted by Gasteiger charge is 2.24. The summed E-state index contributed by atoms with van der Waals surface area (Å²) in [6, 6.07) is 8.02. The molecule has 0 aromatic heterocycles. The Morgan fingerprint density at radius 1 is 0.929 bits per heavy atom. The molecule has 0 spiro atoms. The van der Waals surface area contributed by atoms with Crippen molar-refractivity contribution in [3.05, 3.63) is 29.8 Å². The third-order valence-electron chi connectivity index (χ3n) is 5.42. The van der Waals surface area contributed by atoms with E-state index in [0.717, 1.165) is 31.9 Å². The molecular formula is C21H32N4O3. The summed E-state index contributed by atoms with van der Waals surface area (Å²) in [7, 11) is 0. The topological polar surface area (TPSA) is 65.1 Å². The van der Waals surface area contributed by atoms with Crippen molar-refractivity contribution in [3.8, 4) is 0 Å². The van der Waals surface area contributed by atoms with E-state index in [4.69, 9.17) is 4.74 Å². The second-order valence-corrected chi connectivity index (χ2v) is 7.87. The Morgan fingerprint density at radius 2 is 1.54 bits per heavy atom. The van der Waals surface area contributed by atoms with E-state index in [1.165, 1.54) is 5.56 Å². The fourth-order valence-corrected chi connectivity index (χ4v) is 3.56. The Kier molecular flexibility index (Phi) is 7.42. The van der Waals surface area contributed by atoms with E-state index in [1.54, 1.807) is 0 Å². The number of amides is 2. The first-order valence-electron chi connectivity index (χ1n) is 10.2. The predicted molar refractivity (Wildman–Crippen MR) is 109 cm³/mol. The fraction of sp³-hybridized carbons (Fsp3) is 0.619. The van der Waals surface area contributed by atoms with Gasteiger partial charge in [0, 0.05) is 45.0 Å². The van der Waals surface area contributed by atoms with Crippen molar-refractivity contribution in [1.82, 2.24) is 14.7 Å². The van der Waals surface area contributed by atoms with Gasteiger partial charge in [0.1, 0.15) is 0 Å². The molecule has 0 aliphatic carbocycles. The zero-order valence-electron chi connectivity index (χ0n) is 17.0.